The number of rotatable bonds is 3. The molecule has 0 bridgehead atoms. The molecule has 1 aliphatic carbocycles. The van der Waals surface area contributed by atoms with E-state index < -0.39 is 0 Å². The lowest BCUT2D eigenvalue weighted by Crippen LogP contribution is -2.33. The first-order valence-corrected chi connectivity index (χ1v) is 6.66. The van der Waals surface area contributed by atoms with Gasteiger partial charge >= 0.3 is 0 Å². The second-order valence-corrected chi connectivity index (χ2v) is 5.48. The van der Waals surface area contributed by atoms with Gasteiger partial charge in [-0.1, -0.05) is 31.0 Å². The van der Waals surface area contributed by atoms with E-state index >= 15 is 0 Å². The highest BCUT2D eigenvalue weighted by Gasteiger charge is 2.24. The molecule has 0 aromatic heterocycles. The largest absolute Gasteiger partial charge is 0.307 e. The van der Waals surface area contributed by atoms with Gasteiger partial charge in [0.25, 0.3) is 0 Å². The Kier molecular flexibility index (Phi) is 4.05. The van der Waals surface area contributed by atoms with Gasteiger partial charge in [-0.25, -0.2) is 4.39 Å². The molecule has 0 aliphatic heterocycles. The fourth-order valence-electron chi connectivity index (χ4n) is 2.59. The highest BCUT2D eigenvalue weighted by molar-refractivity contribution is 6.30. The van der Waals surface area contributed by atoms with E-state index in [1.165, 1.54) is 25.3 Å². The van der Waals surface area contributed by atoms with Crippen molar-refractivity contribution in [3.8, 4) is 0 Å². The van der Waals surface area contributed by atoms with E-state index in [4.69, 9.17) is 11.6 Å². The summed E-state index contributed by atoms with van der Waals surface area (Å²) in [5.74, 6) is 0.380. The third-order valence-electron chi connectivity index (χ3n) is 3.77. The van der Waals surface area contributed by atoms with Crippen LogP contribution in [0.5, 0.6) is 0 Å². The second kappa shape index (κ2) is 5.36. The Morgan fingerprint density at radius 2 is 2.18 bits per heavy atom. The van der Waals surface area contributed by atoms with Crippen LogP contribution in [0.25, 0.3) is 0 Å². The van der Waals surface area contributed by atoms with Crippen molar-refractivity contribution in [3.63, 3.8) is 0 Å². The summed E-state index contributed by atoms with van der Waals surface area (Å²) in [7, 11) is 0. The first kappa shape index (κ1) is 12.8. The van der Waals surface area contributed by atoms with Gasteiger partial charge < -0.3 is 5.32 Å². The predicted molar refractivity (Wildman–Crippen MR) is 69.8 cm³/mol. The topological polar surface area (TPSA) is 12.0 Å². The molecule has 94 valence electrons. The van der Waals surface area contributed by atoms with Crippen molar-refractivity contribution in [1.82, 2.24) is 5.32 Å². The van der Waals surface area contributed by atoms with E-state index in [0.29, 0.717) is 6.04 Å². The molecule has 1 N–H and O–H groups in total. The zero-order chi connectivity index (χ0) is 12.4. The smallest absolute Gasteiger partial charge is 0.141 e. The molecule has 3 atom stereocenters. The minimum absolute atomic E-state index is 0.204. The van der Waals surface area contributed by atoms with Crippen LogP contribution >= 0.6 is 11.6 Å². The number of halogens is 2. The van der Waals surface area contributed by atoms with Crippen LogP contribution in [0, 0.1) is 11.7 Å². The lowest BCUT2D eigenvalue weighted by Gasteiger charge is -2.23. The number of hydrogen-bond acceptors (Lipinski definition) is 1. The third-order valence-corrected chi connectivity index (χ3v) is 4.06. The van der Waals surface area contributed by atoms with Crippen LogP contribution in [0.1, 0.15) is 44.7 Å². The van der Waals surface area contributed by atoms with Crippen LogP contribution in [-0.2, 0) is 0 Å². The molecule has 1 saturated carbocycles. The SMILES string of the molecule is CC(NC1CCCC1C)c1ccc(F)c(Cl)c1. The first-order valence-electron chi connectivity index (χ1n) is 6.29. The molecule has 0 radical (unpaired) electrons. The average molecular weight is 256 g/mol. The van der Waals surface area contributed by atoms with Crippen molar-refractivity contribution >= 4 is 11.6 Å². The number of nitrogens with one attached hydrogen (secondary N) is 1. The van der Waals surface area contributed by atoms with Crippen molar-refractivity contribution in [2.75, 3.05) is 0 Å². The molecule has 1 aromatic rings. The fraction of sp³-hybridized carbons (Fsp3) is 0.571. The van der Waals surface area contributed by atoms with Gasteiger partial charge in [-0.05, 0) is 43.4 Å². The molecular weight excluding hydrogens is 237 g/mol. The Morgan fingerprint density at radius 1 is 1.41 bits per heavy atom. The lowest BCUT2D eigenvalue weighted by molar-refractivity contribution is 0.388. The van der Waals surface area contributed by atoms with Crippen molar-refractivity contribution < 1.29 is 4.39 Å². The van der Waals surface area contributed by atoms with E-state index in [9.17, 15) is 4.39 Å². The van der Waals surface area contributed by atoms with Gasteiger partial charge in [0, 0.05) is 12.1 Å². The standard InChI is InChI=1S/C14H19ClFN/c1-9-4-3-5-14(9)17-10(2)11-6-7-13(16)12(15)8-11/h6-10,14,17H,3-5H2,1-2H3. The van der Waals surface area contributed by atoms with Gasteiger partial charge in [-0.15, -0.1) is 0 Å². The van der Waals surface area contributed by atoms with Gasteiger partial charge in [0.1, 0.15) is 5.82 Å². The highest BCUT2D eigenvalue weighted by atomic mass is 35.5. The molecule has 2 rings (SSSR count). The quantitative estimate of drug-likeness (QED) is 0.848. The Bertz CT molecular complexity index is 394. The molecule has 0 amide bonds. The Labute approximate surface area is 107 Å². The molecule has 3 unspecified atom stereocenters. The fourth-order valence-corrected chi connectivity index (χ4v) is 2.78. The molecule has 1 nitrogen and oxygen atoms in total. The molecule has 1 fully saturated rings. The maximum Gasteiger partial charge on any atom is 0.141 e. The van der Waals surface area contributed by atoms with Gasteiger partial charge in [0.05, 0.1) is 5.02 Å². The van der Waals surface area contributed by atoms with E-state index in [-0.39, 0.29) is 16.9 Å². The molecule has 0 spiro atoms. The van der Waals surface area contributed by atoms with Gasteiger partial charge in [0.15, 0.2) is 0 Å². The van der Waals surface area contributed by atoms with Crippen molar-refractivity contribution in [3.05, 3.63) is 34.6 Å². The molecule has 1 aromatic carbocycles. The van der Waals surface area contributed by atoms with Crippen LogP contribution < -0.4 is 5.32 Å². The normalized spacial score (nSPS) is 26.1. The van der Waals surface area contributed by atoms with Gasteiger partial charge in [-0.3, -0.25) is 0 Å². The summed E-state index contributed by atoms with van der Waals surface area (Å²) in [6.07, 6.45) is 3.84. The summed E-state index contributed by atoms with van der Waals surface area (Å²) in [5, 5.41) is 3.81. The molecule has 0 heterocycles. The Balaban J connectivity index is 2.03. The lowest BCUT2D eigenvalue weighted by atomic mass is 10.0. The molecule has 3 heteroatoms. The van der Waals surface area contributed by atoms with Gasteiger partial charge in [-0.2, -0.15) is 0 Å². The average Bonchev–Trinajstić information content (AvgIpc) is 2.68. The van der Waals surface area contributed by atoms with Crippen molar-refractivity contribution in [1.29, 1.82) is 0 Å². The first-order chi connectivity index (χ1) is 8.08. The van der Waals surface area contributed by atoms with Crippen LogP contribution in [0.2, 0.25) is 5.02 Å². The summed E-state index contributed by atoms with van der Waals surface area (Å²) in [6.45, 7) is 4.39. The Hall–Kier alpha value is -0.600. The maximum absolute atomic E-state index is 13.1. The molecular formula is C14H19ClFN. The summed E-state index contributed by atoms with van der Waals surface area (Å²) < 4.78 is 13.1. The summed E-state index contributed by atoms with van der Waals surface area (Å²) in [6, 6.07) is 5.76. The van der Waals surface area contributed by atoms with Crippen LogP contribution in [0.4, 0.5) is 4.39 Å². The van der Waals surface area contributed by atoms with Crippen LogP contribution in [0.3, 0.4) is 0 Å². The minimum Gasteiger partial charge on any atom is -0.307 e. The number of benzene rings is 1. The zero-order valence-corrected chi connectivity index (χ0v) is 11.1. The molecule has 0 saturated heterocycles. The summed E-state index contributed by atoms with van der Waals surface area (Å²) >= 11 is 5.80. The highest BCUT2D eigenvalue weighted by Crippen LogP contribution is 2.28. The predicted octanol–water partition coefficient (Wildman–Crippen LogP) is 4.32. The second-order valence-electron chi connectivity index (χ2n) is 5.08. The van der Waals surface area contributed by atoms with E-state index in [2.05, 4.69) is 19.2 Å². The molecule has 17 heavy (non-hydrogen) atoms. The van der Waals surface area contributed by atoms with E-state index in [1.54, 1.807) is 12.1 Å². The summed E-state index contributed by atoms with van der Waals surface area (Å²) in [4.78, 5) is 0. The Morgan fingerprint density at radius 3 is 2.76 bits per heavy atom. The minimum atomic E-state index is -0.350. The van der Waals surface area contributed by atoms with Crippen molar-refractivity contribution in [2.45, 2.75) is 45.2 Å². The van der Waals surface area contributed by atoms with E-state index in [1.807, 2.05) is 0 Å². The third kappa shape index (κ3) is 2.99. The maximum atomic E-state index is 13.1. The van der Waals surface area contributed by atoms with Gasteiger partial charge in [0.2, 0.25) is 0 Å². The van der Waals surface area contributed by atoms with Crippen LogP contribution in [-0.4, -0.2) is 6.04 Å². The number of hydrogen-bond donors (Lipinski definition) is 1. The monoisotopic (exact) mass is 255 g/mol. The van der Waals surface area contributed by atoms with Crippen LogP contribution in [0.15, 0.2) is 18.2 Å². The zero-order valence-electron chi connectivity index (χ0n) is 10.3. The summed E-state index contributed by atoms with van der Waals surface area (Å²) in [5.41, 5.74) is 1.05. The van der Waals surface area contributed by atoms with Crippen molar-refractivity contribution in [2.24, 2.45) is 5.92 Å². The van der Waals surface area contributed by atoms with E-state index in [0.717, 1.165) is 11.5 Å². The molecule has 1 aliphatic rings.